The second-order valence-corrected chi connectivity index (χ2v) is 3.89. The van der Waals surface area contributed by atoms with Gasteiger partial charge in [-0.25, -0.2) is 0 Å². The quantitative estimate of drug-likeness (QED) is 0.826. The molecule has 0 fully saturated rings. The predicted octanol–water partition coefficient (Wildman–Crippen LogP) is 1.88. The van der Waals surface area contributed by atoms with Crippen molar-refractivity contribution in [3.8, 4) is 0 Å². The van der Waals surface area contributed by atoms with E-state index in [-0.39, 0.29) is 0 Å². The van der Waals surface area contributed by atoms with Gasteiger partial charge in [-0.3, -0.25) is 0 Å². The largest absolute Gasteiger partial charge is 0.357 e. The van der Waals surface area contributed by atoms with E-state index >= 15 is 0 Å². The minimum absolute atomic E-state index is 0.310. The molecule has 0 bridgehead atoms. The second-order valence-electron chi connectivity index (χ2n) is 3.89. The number of nitrogens with one attached hydrogen (secondary N) is 1. The van der Waals surface area contributed by atoms with Crippen molar-refractivity contribution in [1.82, 2.24) is 15.0 Å². The van der Waals surface area contributed by atoms with Gasteiger partial charge in [0.2, 0.25) is 11.9 Å². The monoisotopic (exact) mass is 223 g/mol. The first-order valence-corrected chi connectivity index (χ1v) is 5.81. The van der Waals surface area contributed by atoms with Crippen molar-refractivity contribution >= 4 is 11.9 Å². The maximum absolute atomic E-state index is 4.49. The highest BCUT2D eigenvalue weighted by molar-refractivity contribution is 5.36. The molecular weight excluding hydrogens is 202 g/mol. The molecule has 0 aliphatic rings. The van der Waals surface area contributed by atoms with Crippen LogP contribution in [0.3, 0.4) is 0 Å². The highest BCUT2D eigenvalue weighted by Gasteiger charge is 2.12. The van der Waals surface area contributed by atoms with Crippen LogP contribution in [-0.2, 0) is 0 Å². The third-order valence-corrected chi connectivity index (χ3v) is 2.43. The van der Waals surface area contributed by atoms with E-state index in [1.165, 1.54) is 0 Å². The van der Waals surface area contributed by atoms with Crippen LogP contribution in [0.2, 0.25) is 0 Å². The summed E-state index contributed by atoms with van der Waals surface area (Å²) in [5.74, 6) is 2.54. The summed E-state index contributed by atoms with van der Waals surface area (Å²) >= 11 is 0. The molecule has 0 aliphatic heterocycles. The van der Waals surface area contributed by atoms with Crippen molar-refractivity contribution in [1.29, 1.82) is 0 Å². The van der Waals surface area contributed by atoms with Gasteiger partial charge < -0.3 is 10.2 Å². The SMILES string of the molecule is CCN(CC)c1nc(NC)nc(C(C)C)n1. The fraction of sp³-hybridized carbons (Fsp3) is 0.727. The molecular formula is C11H21N5. The van der Waals surface area contributed by atoms with E-state index in [1.807, 2.05) is 7.05 Å². The van der Waals surface area contributed by atoms with Crippen LogP contribution in [0.15, 0.2) is 0 Å². The molecule has 0 aliphatic carbocycles. The van der Waals surface area contributed by atoms with Crippen LogP contribution in [-0.4, -0.2) is 35.1 Å². The molecule has 90 valence electrons. The van der Waals surface area contributed by atoms with Gasteiger partial charge in [0, 0.05) is 26.1 Å². The Balaban J connectivity index is 3.12. The van der Waals surface area contributed by atoms with Crippen molar-refractivity contribution in [2.24, 2.45) is 0 Å². The zero-order valence-corrected chi connectivity index (χ0v) is 10.8. The molecule has 1 N–H and O–H groups in total. The summed E-state index contributed by atoms with van der Waals surface area (Å²) < 4.78 is 0. The van der Waals surface area contributed by atoms with Crippen LogP contribution in [0, 0.1) is 0 Å². The van der Waals surface area contributed by atoms with Gasteiger partial charge in [-0.05, 0) is 13.8 Å². The van der Waals surface area contributed by atoms with Crippen molar-refractivity contribution in [2.45, 2.75) is 33.6 Å². The van der Waals surface area contributed by atoms with Crippen molar-refractivity contribution in [2.75, 3.05) is 30.4 Å². The summed E-state index contributed by atoms with van der Waals surface area (Å²) in [5, 5.41) is 2.98. The van der Waals surface area contributed by atoms with Gasteiger partial charge in [0.1, 0.15) is 5.82 Å². The molecule has 16 heavy (non-hydrogen) atoms. The Morgan fingerprint density at radius 2 is 1.75 bits per heavy atom. The molecule has 1 rings (SSSR count). The highest BCUT2D eigenvalue weighted by Crippen LogP contribution is 2.15. The molecule has 5 heteroatoms. The number of aromatic nitrogens is 3. The van der Waals surface area contributed by atoms with Crippen LogP contribution in [0.1, 0.15) is 39.4 Å². The predicted molar refractivity (Wildman–Crippen MR) is 67.0 cm³/mol. The number of nitrogens with zero attached hydrogens (tertiary/aromatic N) is 4. The third kappa shape index (κ3) is 2.81. The Bertz CT molecular complexity index is 333. The molecule has 1 aromatic rings. The average molecular weight is 223 g/mol. The Labute approximate surface area is 97.3 Å². The van der Waals surface area contributed by atoms with Crippen LogP contribution in [0.5, 0.6) is 0 Å². The van der Waals surface area contributed by atoms with E-state index in [0.29, 0.717) is 11.9 Å². The fourth-order valence-corrected chi connectivity index (χ4v) is 1.40. The van der Waals surface area contributed by atoms with Crippen molar-refractivity contribution < 1.29 is 0 Å². The number of anilines is 2. The number of hydrogen-bond donors (Lipinski definition) is 1. The topological polar surface area (TPSA) is 53.9 Å². The van der Waals surface area contributed by atoms with Gasteiger partial charge in [-0.1, -0.05) is 13.8 Å². The van der Waals surface area contributed by atoms with Crippen LogP contribution in [0.4, 0.5) is 11.9 Å². The van der Waals surface area contributed by atoms with Gasteiger partial charge in [0.15, 0.2) is 0 Å². The number of hydrogen-bond acceptors (Lipinski definition) is 5. The summed E-state index contributed by atoms with van der Waals surface area (Å²) in [6.45, 7) is 10.2. The Kier molecular flexibility index (Phi) is 4.46. The molecule has 0 aromatic carbocycles. The molecule has 1 heterocycles. The van der Waals surface area contributed by atoms with Gasteiger partial charge in [-0.2, -0.15) is 15.0 Å². The lowest BCUT2D eigenvalue weighted by Crippen LogP contribution is -2.25. The maximum Gasteiger partial charge on any atom is 0.230 e. The summed E-state index contributed by atoms with van der Waals surface area (Å²) in [6, 6.07) is 0. The van der Waals surface area contributed by atoms with Crippen LogP contribution in [0.25, 0.3) is 0 Å². The van der Waals surface area contributed by atoms with Gasteiger partial charge >= 0.3 is 0 Å². The first kappa shape index (κ1) is 12.7. The number of rotatable bonds is 5. The Hall–Kier alpha value is -1.39. The fourth-order valence-electron chi connectivity index (χ4n) is 1.40. The lowest BCUT2D eigenvalue weighted by Gasteiger charge is -2.19. The minimum Gasteiger partial charge on any atom is -0.357 e. The van der Waals surface area contributed by atoms with E-state index < -0.39 is 0 Å². The molecule has 0 amide bonds. The second kappa shape index (κ2) is 5.63. The van der Waals surface area contributed by atoms with E-state index in [9.17, 15) is 0 Å². The first-order chi connectivity index (χ1) is 7.62. The van der Waals surface area contributed by atoms with Crippen molar-refractivity contribution in [3.05, 3.63) is 5.82 Å². The molecule has 0 unspecified atom stereocenters. The molecule has 0 atom stereocenters. The molecule has 1 aromatic heterocycles. The summed E-state index contributed by atoms with van der Waals surface area (Å²) in [6.07, 6.45) is 0. The average Bonchev–Trinajstić information content (AvgIpc) is 2.30. The lowest BCUT2D eigenvalue weighted by molar-refractivity contribution is 0.736. The van der Waals surface area contributed by atoms with Crippen LogP contribution >= 0.6 is 0 Å². The smallest absolute Gasteiger partial charge is 0.230 e. The molecule has 0 saturated heterocycles. The molecule has 5 nitrogen and oxygen atoms in total. The molecule has 0 spiro atoms. The Morgan fingerprint density at radius 3 is 2.19 bits per heavy atom. The standard InChI is InChI=1S/C11H21N5/c1-6-16(7-2)11-14-9(8(3)4)13-10(12-5)15-11/h8H,6-7H2,1-5H3,(H,12,13,14,15). The van der Waals surface area contributed by atoms with Crippen molar-refractivity contribution in [3.63, 3.8) is 0 Å². The summed E-state index contributed by atoms with van der Waals surface area (Å²) in [5.41, 5.74) is 0. The maximum atomic E-state index is 4.49. The van der Waals surface area contributed by atoms with Gasteiger partial charge in [0.05, 0.1) is 0 Å². The molecule has 0 saturated carbocycles. The van der Waals surface area contributed by atoms with Crippen LogP contribution < -0.4 is 10.2 Å². The summed E-state index contributed by atoms with van der Waals surface area (Å²) in [7, 11) is 1.82. The zero-order valence-electron chi connectivity index (χ0n) is 10.8. The van der Waals surface area contributed by atoms with E-state index in [4.69, 9.17) is 0 Å². The normalized spacial score (nSPS) is 10.6. The van der Waals surface area contributed by atoms with Gasteiger partial charge in [-0.15, -0.1) is 0 Å². The van der Waals surface area contributed by atoms with E-state index in [2.05, 4.69) is 52.9 Å². The van der Waals surface area contributed by atoms with Gasteiger partial charge in [0.25, 0.3) is 0 Å². The minimum atomic E-state index is 0.310. The molecule has 0 radical (unpaired) electrons. The zero-order chi connectivity index (χ0) is 12.1. The highest BCUT2D eigenvalue weighted by atomic mass is 15.3. The summed E-state index contributed by atoms with van der Waals surface area (Å²) in [4.78, 5) is 15.3. The van der Waals surface area contributed by atoms with E-state index in [0.717, 1.165) is 24.9 Å². The Morgan fingerprint density at radius 1 is 1.12 bits per heavy atom. The third-order valence-electron chi connectivity index (χ3n) is 2.43. The first-order valence-electron chi connectivity index (χ1n) is 5.81. The van der Waals surface area contributed by atoms with E-state index in [1.54, 1.807) is 0 Å². The lowest BCUT2D eigenvalue weighted by atomic mass is 10.2.